The van der Waals surface area contributed by atoms with Crippen LogP contribution in [0.2, 0.25) is 0 Å². The molecule has 0 aromatic heterocycles. The third kappa shape index (κ3) is 1.73. The Kier molecular flexibility index (Phi) is 3.14. The molecule has 1 saturated heterocycles. The summed E-state index contributed by atoms with van der Waals surface area (Å²) in [6.45, 7) is 8.15. The predicted molar refractivity (Wildman–Crippen MR) is 76.4 cm³/mol. The molecule has 5 heteroatoms. The summed E-state index contributed by atoms with van der Waals surface area (Å²) in [4.78, 5) is 26.2. The van der Waals surface area contributed by atoms with E-state index in [0.717, 1.165) is 19.3 Å². The maximum absolute atomic E-state index is 12.6. The van der Waals surface area contributed by atoms with Crippen molar-refractivity contribution < 1.29 is 19.4 Å². The summed E-state index contributed by atoms with van der Waals surface area (Å²) >= 11 is 0. The third-order valence-electron chi connectivity index (χ3n) is 6.70. The van der Waals surface area contributed by atoms with Gasteiger partial charge in [0.05, 0.1) is 18.1 Å². The normalized spacial score (nSPS) is 39.7. The van der Waals surface area contributed by atoms with E-state index in [9.17, 15) is 14.7 Å². The van der Waals surface area contributed by atoms with Gasteiger partial charge < -0.3 is 9.84 Å². The van der Waals surface area contributed by atoms with Crippen molar-refractivity contribution >= 4 is 12.0 Å². The van der Waals surface area contributed by atoms with Crippen molar-refractivity contribution in [3.05, 3.63) is 0 Å². The van der Waals surface area contributed by atoms with Gasteiger partial charge in [-0.1, -0.05) is 20.8 Å². The second kappa shape index (κ2) is 4.45. The minimum atomic E-state index is -0.769. The van der Waals surface area contributed by atoms with Crippen LogP contribution in [-0.4, -0.2) is 40.8 Å². The smallest absolute Gasteiger partial charge is 0.416 e. The molecule has 21 heavy (non-hydrogen) atoms. The van der Waals surface area contributed by atoms with E-state index in [2.05, 4.69) is 13.8 Å². The minimum Gasteiger partial charge on any atom is -0.448 e. The van der Waals surface area contributed by atoms with E-state index >= 15 is 0 Å². The highest BCUT2D eigenvalue weighted by molar-refractivity contribution is 5.94. The molecule has 1 aliphatic heterocycles. The van der Waals surface area contributed by atoms with Gasteiger partial charge >= 0.3 is 6.09 Å². The zero-order chi connectivity index (χ0) is 15.6. The molecule has 5 nitrogen and oxygen atoms in total. The van der Waals surface area contributed by atoms with Gasteiger partial charge in [0.2, 0.25) is 5.91 Å². The van der Waals surface area contributed by atoms with Crippen molar-refractivity contribution in [2.75, 3.05) is 6.61 Å². The average Bonchev–Trinajstić information content (AvgIpc) is 2.80. The van der Waals surface area contributed by atoms with Crippen molar-refractivity contribution in [3.8, 4) is 0 Å². The maximum atomic E-state index is 12.6. The van der Waals surface area contributed by atoms with Crippen molar-refractivity contribution in [1.29, 1.82) is 0 Å². The molecule has 1 spiro atoms. The fourth-order valence-electron chi connectivity index (χ4n) is 4.79. The molecule has 1 N–H and O–H groups in total. The van der Waals surface area contributed by atoms with Crippen molar-refractivity contribution in [1.82, 2.24) is 4.90 Å². The Labute approximate surface area is 125 Å². The average molecular weight is 295 g/mol. The zero-order valence-corrected chi connectivity index (χ0v) is 13.3. The molecule has 0 aromatic rings. The van der Waals surface area contributed by atoms with Crippen molar-refractivity contribution in [2.45, 2.75) is 59.1 Å². The Morgan fingerprint density at radius 3 is 2.67 bits per heavy atom. The van der Waals surface area contributed by atoms with E-state index in [1.54, 1.807) is 13.8 Å². The Hall–Kier alpha value is -1.10. The number of hydrogen-bond donors (Lipinski definition) is 1. The number of fused-ring (bicyclic) bond motifs is 1. The van der Waals surface area contributed by atoms with Crippen LogP contribution < -0.4 is 0 Å². The SMILES string of the molecule is C[C@H](C(=O)N1C(=O)OC[C@]23CC[C@H](C[C@@H]12)C3(C)C)[C@@H](C)O. The molecule has 2 bridgehead atoms. The molecular formula is C16H25NO4. The monoisotopic (exact) mass is 295 g/mol. The largest absolute Gasteiger partial charge is 0.448 e. The Morgan fingerprint density at radius 1 is 1.43 bits per heavy atom. The van der Waals surface area contributed by atoms with E-state index in [0.29, 0.717) is 12.5 Å². The number of rotatable bonds is 2. The van der Waals surface area contributed by atoms with E-state index in [1.165, 1.54) is 4.90 Å². The summed E-state index contributed by atoms with van der Waals surface area (Å²) in [5.41, 5.74) is -0.0232. The lowest BCUT2D eigenvalue weighted by molar-refractivity contribution is -0.149. The van der Waals surface area contributed by atoms with E-state index in [-0.39, 0.29) is 22.8 Å². The van der Waals surface area contributed by atoms with Gasteiger partial charge in [0.1, 0.15) is 6.61 Å². The zero-order valence-electron chi connectivity index (χ0n) is 13.3. The third-order valence-corrected chi connectivity index (χ3v) is 6.70. The molecule has 2 amide bonds. The number of imide groups is 1. The maximum Gasteiger partial charge on any atom is 0.416 e. The second-order valence-electron chi connectivity index (χ2n) is 7.66. The summed E-state index contributed by atoms with van der Waals surface area (Å²) in [5, 5.41) is 9.68. The quantitative estimate of drug-likeness (QED) is 0.848. The summed E-state index contributed by atoms with van der Waals surface area (Å²) in [7, 11) is 0. The predicted octanol–water partition coefficient (Wildman–Crippen LogP) is 2.18. The summed E-state index contributed by atoms with van der Waals surface area (Å²) in [6.07, 6.45) is 1.73. The molecule has 0 radical (unpaired) electrons. The highest BCUT2D eigenvalue weighted by Gasteiger charge is 2.69. The molecule has 0 unspecified atom stereocenters. The molecular weight excluding hydrogens is 270 g/mol. The fraction of sp³-hybridized carbons (Fsp3) is 0.875. The number of amides is 2. The first-order chi connectivity index (χ1) is 9.72. The van der Waals surface area contributed by atoms with E-state index < -0.39 is 18.1 Å². The van der Waals surface area contributed by atoms with Crippen LogP contribution >= 0.6 is 0 Å². The fourth-order valence-corrected chi connectivity index (χ4v) is 4.79. The number of carbonyl (C=O) groups is 2. The van der Waals surface area contributed by atoms with Crippen LogP contribution in [0.4, 0.5) is 4.79 Å². The van der Waals surface area contributed by atoms with Gasteiger partial charge in [-0.2, -0.15) is 0 Å². The van der Waals surface area contributed by atoms with E-state index in [4.69, 9.17) is 4.74 Å². The molecule has 0 aromatic carbocycles. The molecule has 5 atom stereocenters. The van der Waals surface area contributed by atoms with Crippen molar-refractivity contribution in [2.24, 2.45) is 22.7 Å². The molecule has 3 rings (SSSR count). The number of ether oxygens (including phenoxy) is 1. The van der Waals surface area contributed by atoms with Gasteiger partial charge in [-0.3, -0.25) is 4.79 Å². The van der Waals surface area contributed by atoms with Crippen LogP contribution in [0, 0.1) is 22.7 Å². The first-order valence-corrected chi connectivity index (χ1v) is 7.90. The number of hydrogen-bond acceptors (Lipinski definition) is 4. The van der Waals surface area contributed by atoms with Gasteiger partial charge in [0.25, 0.3) is 0 Å². The minimum absolute atomic E-state index is 0.0683. The lowest BCUT2D eigenvalue weighted by Gasteiger charge is -2.49. The van der Waals surface area contributed by atoms with Crippen LogP contribution in [0.25, 0.3) is 0 Å². The van der Waals surface area contributed by atoms with Gasteiger partial charge in [-0.25, -0.2) is 9.69 Å². The lowest BCUT2D eigenvalue weighted by atomic mass is 9.67. The molecule has 118 valence electrons. The number of aliphatic hydroxyl groups excluding tert-OH is 1. The van der Waals surface area contributed by atoms with Crippen LogP contribution in [0.15, 0.2) is 0 Å². The highest BCUT2D eigenvalue weighted by Crippen LogP contribution is 2.68. The number of nitrogens with zero attached hydrogens (tertiary/aromatic N) is 1. The number of cyclic esters (lactones) is 1. The van der Waals surface area contributed by atoms with Gasteiger partial charge in [-0.05, 0) is 37.5 Å². The standard InChI is InChI=1S/C16H25NO4/c1-9(10(2)18)13(19)17-12-7-11-5-6-16(12,15(11,3)4)8-21-14(17)20/h9-12,18H,5-8H2,1-4H3/t9-,10+,11+,12+,16+/m0/s1. The van der Waals surface area contributed by atoms with Crippen LogP contribution in [0.1, 0.15) is 47.0 Å². The highest BCUT2D eigenvalue weighted by atomic mass is 16.6. The summed E-state index contributed by atoms with van der Waals surface area (Å²) in [6, 6.07) is -0.0683. The van der Waals surface area contributed by atoms with Crippen molar-refractivity contribution in [3.63, 3.8) is 0 Å². The molecule has 2 saturated carbocycles. The Balaban J connectivity index is 1.95. The second-order valence-corrected chi connectivity index (χ2v) is 7.66. The van der Waals surface area contributed by atoms with Crippen LogP contribution in [-0.2, 0) is 9.53 Å². The summed E-state index contributed by atoms with van der Waals surface area (Å²) < 4.78 is 5.40. The van der Waals surface area contributed by atoms with Gasteiger partial charge in [0, 0.05) is 5.41 Å². The summed E-state index contributed by atoms with van der Waals surface area (Å²) in [5.74, 6) is -0.355. The molecule has 3 aliphatic rings. The van der Waals surface area contributed by atoms with Gasteiger partial charge in [0.15, 0.2) is 0 Å². The molecule has 3 fully saturated rings. The Bertz CT molecular complexity index is 487. The van der Waals surface area contributed by atoms with Crippen LogP contribution in [0.5, 0.6) is 0 Å². The molecule has 2 aliphatic carbocycles. The number of carbonyl (C=O) groups excluding carboxylic acids is 2. The van der Waals surface area contributed by atoms with Crippen LogP contribution in [0.3, 0.4) is 0 Å². The van der Waals surface area contributed by atoms with Gasteiger partial charge in [-0.15, -0.1) is 0 Å². The molecule has 1 heterocycles. The topological polar surface area (TPSA) is 66.8 Å². The van der Waals surface area contributed by atoms with E-state index in [1.807, 2.05) is 0 Å². The first-order valence-electron chi connectivity index (χ1n) is 7.90. The number of aliphatic hydroxyl groups is 1. The first kappa shape index (κ1) is 14.8. The Morgan fingerprint density at radius 2 is 2.10 bits per heavy atom. The lowest BCUT2D eigenvalue weighted by Crippen LogP contribution is -2.61.